The number of H-pyrrole nitrogens is 1. The average Bonchev–Trinajstić information content (AvgIpc) is 3.00. The van der Waals surface area contributed by atoms with Crippen LogP contribution in [0.1, 0.15) is 24.4 Å². The predicted octanol–water partition coefficient (Wildman–Crippen LogP) is 0.900. The minimum atomic E-state index is -0.559. The molecule has 0 radical (unpaired) electrons. The summed E-state index contributed by atoms with van der Waals surface area (Å²) in [5, 5.41) is 0. The summed E-state index contributed by atoms with van der Waals surface area (Å²) in [5.74, 6) is -0.111. The normalized spacial score (nSPS) is 17.6. The molecule has 114 valence electrons. The molecule has 1 aliphatic heterocycles. The standard InChI is InChI=1S/C16H17N3O3/c20-14-8-10-18(16(22)17-14)11-15(21)19-9-4-7-13(19)12-5-2-1-3-6-12/h1-3,5-6,8,10,13H,4,7,9,11H2,(H,17,20,22). The van der Waals surface area contributed by atoms with E-state index in [-0.39, 0.29) is 18.5 Å². The minimum absolute atomic E-state index is 0.0566. The van der Waals surface area contributed by atoms with Gasteiger partial charge in [0.2, 0.25) is 5.91 Å². The quantitative estimate of drug-likeness (QED) is 0.915. The maximum Gasteiger partial charge on any atom is 0.328 e. The number of aromatic amines is 1. The molecule has 1 unspecified atom stereocenters. The van der Waals surface area contributed by atoms with Gasteiger partial charge in [-0.2, -0.15) is 0 Å². The Bertz CT molecular complexity index is 779. The summed E-state index contributed by atoms with van der Waals surface area (Å²) in [4.78, 5) is 39.2. The van der Waals surface area contributed by atoms with Gasteiger partial charge in [0.05, 0.1) is 6.04 Å². The number of hydrogen-bond donors (Lipinski definition) is 1. The smallest absolute Gasteiger partial charge is 0.328 e. The second-order valence-electron chi connectivity index (χ2n) is 5.39. The molecular weight excluding hydrogens is 282 g/mol. The topological polar surface area (TPSA) is 75.2 Å². The van der Waals surface area contributed by atoms with Gasteiger partial charge in [0.25, 0.3) is 5.56 Å². The first kappa shape index (κ1) is 14.3. The van der Waals surface area contributed by atoms with Crippen molar-refractivity contribution in [2.75, 3.05) is 6.54 Å². The zero-order valence-corrected chi connectivity index (χ0v) is 12.1. The van der Waals surface area contributed by atoms with E-state index >= 15 is 0 Å². The summed E-state index contributed by atoms with van der Waals surface area (Å²) in [5.41, 5.74) is 0.0931. The molecular formula is C16H17N3O3. The summed E-state index contributed by atoms with van der Waals surface area (Å²) in [6, 6.07) is 11.2. The van der Waals surface area contributed by atoms with E-state index < -0.39 is 11.2 Å². The second kappa shape index (κ2) is 6.01. The number of aromatic nitrogens is 2. The number of amides is 1. The van der Waals surface area contributed by atoms with Crippen molar-refractivity contribution < 1.29 is 4.79 Å². The molecule has 0 bridgehead atoms. The summed E-state index contributed by atoms with van der Waals surface area (Å²) < 4.78 is 1.23. The van der Waals surface area contributed by atoms with Gasteiger partial charge in [-0.05, 0) is 18.4 Å². The maximum atomic E-state index is 12.5. The summed E-state index contributed by atoms with van der Waals surface area (Å²) in [7, 11) is 0. The highest BCUT2D eigenvalue weighted by Gasteiger charge is 2.29. The average molecular weight is 299 g/mol. The molecule has 0 aliphatic carbocycles. The number of carbonyl (C=O) groups excluding carboxylic acids is 1. The van der Waals surface area contributed by atoms with Crippen molar-refractivity contribution in [3.8, 4) is 0 Å². The number of carbonyl (C=O) groups is 1. The molecule has 22 heavy (non-hydrogen) atoms. The lowest BCUT2D eigenvalue weighted by Crippen LogP contribution is -2.38. The van der Waals surface area contributed by atoms with Crippen LogP contribution < -0.4 is 11.2 Å². The van der Waals surface area contributed by atoms with Gasteiger partial charge in [-0.25, -0.2) is 4.79 Å². The number of nitrogens with zero attached hydrogens (tertiary/aromatic N) is 2. The van der Waals surface area contributed by atoms with E-state index in [0.29, 0.717) is 6.54 Å². The second-order valence-corrected chi connectivity index (χ2v) is 5.39. The molecule has 0 spiro atoms. The molecule has 1 saturated heterocycles. The molecule has 1 aromatic heterocycles. The molecule has 1 amide bonds. The van der Waals surface area contributed by atoms with Crippen LogP contribution in [0.5, 0.6) is 0 Å². The van der Waals surface area contributed by atoms with Crippen molar-refractivity contribution in [2.24, 2.45) is 0 Å². The molecule has 1 N–H and O–H groups in total. The van der Waals surface area contributed by atoms with Gasteiger partial charge in [0, 0.05) is 18.8 Å². The highest BCUT2D eigenvalue weighted by atomic mass is 16.2. The Morgan fingerprint density at radius 1 is 1.18 bits per heavy atom. The summed E-state index contributed by atoms with van der Waals surface area (Å²) in [6.07, 6.45) is 3.23. The zero-order chi connectivity index (χ0) is 15.5. The van der Waals surface area contributed by atoms with Gasteiger partial charge < -0.3 is 4.90 Å². The lowest BCUT2D eigenvalue weighted by molar-refractivity contribution is -0.132. The van der Waals surface area contributed by atoms with E-state index in [1.54, 1.807) is 0 Å². The monoisotopic (exact) mass is 299 g/mol. The van der Waals surface area contributed by atoms with Gasteiger partial charge >= 0.3 is 5.69 Å². The first-order valence-corrected chi connectivity index (χ1v) is 7.29. The number of hydrogen-bond acceptors (Lipinski definition) is 3. The minimum Gasteiger partial charge on any atom is -0.334 e. The summed E-state index contributed by atoms with van der Waals surface area (Å²) in [6.45, 7) is 0.634. The number of nitrogens with one attached hydrogen (secondary N) is 1. The van der Waals surface area contributed by atoms with E-state index in [2.05, 4.69) is 4.98 Å². The van der Waals surface area contributed by atoms with Crippen molar-refractivity contribution in [1.82, 2.24) is 14.5 Å². The van der Waals surface area contributed by atoms with E-state index in [4.69, 9.17) is 0 Å². The van der Waals surface area contributed by atoms with Crippen molar-refractivity contribution in [3.63, 3.8) is 0 Å². The Hall–Kier alpha value is -2.63. The highest BCUT2D eigenvalue weighted by molar-refractivity contribution is 5.76. The molecule has 2 aromatic rings. The van der Waals surface area contributed by atoms with Crippen LogP contribution in [0, 0.1) is 0 Å². The number of benzene rings is 1. The van der Waals surface area contributed by atoms with Gasteiger partial charge in [0.15, 0.2) is 0 Å². The van der Waals surface area contributed by atoms with Crippen LogP contribution in [0.3, 0.4) is 0 Å². The van der Waals surface area contributed by atoms with Crippen LogP contribution in [0.15, 0.2) is 52.2 Å². The Balaban J connectivity index is 1.79. The van der Waals surface area contributed by atoms with Crippen molar-refractivity contribution in [2.45, 2.75) is 25.4 Å². The van der Waals surface area contributed by atoms with Gasteiger partial charge in [0.1, 0.15) is 6.54 Å². The van der Waals surface area contributed by atoms with Crippen molar-refractivity contribution in [1.29, 1.82) is 0 Å². The fraction of sp³-hybridized carbons (Fsp3) is 0.312. The lowest BCUT2D eigenvalue weighted by atomic mass is 10.0. The van der Waals surface area contributed by atoms with Gasteiger partial charge in [-0.1, -0.05) is 30.3 Å². The summed E-state index contributed by atoms with van der Waals surface area (Å²) >= 11 is 0. The van der Waals surface area contributed by atoms with E-state index in [0.717, 1.165) is 18.4 Å². The van der Waals surface area contributed by atoms with E-state index in [1.807, 2.05) is 35.2 Å². The molecule has 1 atom stereocenters. The van der Waals surface area contributed by atoms with Crippen LogP contribution in [0.4, 0.5) is 0 Å². The van der Waals surface area contributed by atoms with Crippen molar-refractivity contribution in [3.05, 3.63) is 69.0 Å². The molecule has 1 aliphatic rings. The molecule has 3 rings (SSSR count). The SMILES string of the molecule is O=C(Cn1ccc(=O)[nH]c1=O)N1CCCC1c1ccccc1. The first-order valence-electron chi connectivity index (χ1n) is 7.29. The highest BCUT2D eigenvalue weighted by Crippen LogP contribution is 2.31. The maximum absolute atomic E-state index is 12.5. The fourth-order valence-electron chi connectivity index (χ4n) is 2.89. The molecule has 0 saturated carbocycles. The lowest BCUT2D eigenvalue weighted by Gasteiger charge is -2.25. The largest absolute Gasteiger partial charge is 0.334 e. The molecule has 6 heteroatoms. The fourth-order valence-corrected chi connectivity index (χ4v) is 2.89. The van der Waals surface area contributed by atoms with Crippen LogP contribution >= 0.6 is 0 Å². The Labute approximate surface area is 127 Å². The number of likely N-dealkylation sites (tertiary alicyclic amines) is 1. The third-order valence-corrected chi connectivity index (χ3v) is 3.96. The van der Waals surface area contributed by atoms with E-state index in [9.17, 15) is 14.4 Å². The Morgan fingerprint density at radius 2 is 1.95 bits per heavy atom. The third-order valence-electron chi connectivity index (χ3n) is 3.96. The van der Waals surface area contributed by atoms with Crippen LogP contribution in [-0.2, 0) is 11.3 Å². The molecule has 2 heterocycles. The Morgan fingerprint density at radius 3 is 2.68 bits per heavy atom. The Kier molecular flexibility index (Phi) is 3.91. The predicted molar refractivity (Wildman–Crippen MR) is 81.5 cm³/mol. The van der Waals surface area contributed by atoms with Crippen LogP contribution in [0.25, 0.3) is 0 Å². The van der Waals surface area contributed by atoms with E-state index in [1.165, 1.54) is 16.8 Å². The zero-order valence-electron chi connectivity index (χ0n) is 12.1. The third kappa shape index (κ3) is 2.86. The first-order chi connectivity index (χ1) is 10.6. The number of rotatable bonds is 3. The molecule has 1 fully saturated rings. The molecule has 1 aromatic carbocycles. The van der Waals surface area contributed by atoms with Gasteiger partial charge in [-0.15, -0.1) is 0 Å². The van der Waals surface area contributed by atoms with Crippen LogP contribution in [0.2, 0.25) is 0 Å². The van der Waals surface area contributed by atoms with Gasteiger partial charge in [-0.3, -0.25) is 19.1 Å². The van der Waals surface area contributed by atoms with Crippen LogP contribution in [-0.4, -0.2) is 26.9 Å². The molecule has 6 nitrogen and oxygen atoms in total. The van der Waals surface area contributed by atoms with Crippen molar-refractivity contribution >= 4 is 5.91 Å².